The van der Waals surface area contributed by atoms with E-state index in [1.165, 1.54) is 0 Å². The third-order valence-corrected chi connectivity index (χ3v) is 4.10. The summed E-state index contributed by atoms with van der Waals surface area (Å²) in [5.74, 6) is 0.666. The number of carbonyl (C=O) groups excluding carboxylic acids is 1. The van der Waals surface area contributed by atoms with E-state index in [4.69, 9.17) is 4.52 Å². The molecule has 0 aliphatic carbocycles. The van der Waals surface area contributed by atoms with Gasteiger partial charge in [0.1, 0.15) is 6.29 Å². The van der Waals surface area contributed by atoms with Crippen LogP contribution >= 0.6 is 0 Å². The van der Waals surface area contributed by atoms with E-state index in [0.29, 0.717) is 24.4 Å². The molecule has 0 spiro atoms. The minimum atomic E-state index is -2.94. The standard InChI is InChI=1S/C8H10N2O4S/c11-3-1-7-9-8(14-10-7)6-2-4-15(12,13)5-6/h3,6H,1-2,4-5H2. The molecule has 0 amide bonds. The van der Waals surface area contributed by atoms with Gasteiger partial charge in [-0.2, -0.15) is 4.98 Å². The van der Waals surface area contributed by atoms with Crippen molar-refractivity contribution < 1.29 is 17.7 Å². The van der Waals surface area contributed by atoms with Gasteiger partial charge in [0.15, 0.2) is 15.7 Å². The second-order valence-corrected chi connectivity index (χ2v) is 5.75. The summed E-state index contributed by atoms with van der Waals surface area (Å²) in [6.07, 6.45) is 1.30. The average molecular weight is 230 g/mol. The molecule has 1 unspecified atom stereocenters. The molecule has 2 heterocycles. The Hall–Kier alpha value is -1.24. The van der Waals surface area contributed by atoms with Crippen molar-refractivity contribution in [1.82, 2.24) is 10.1 Å². The Morgan fingerprint density at radius 3 is 2.93 bits per heavy atom. The number of aldehydes is 1. The van der Waals surface area contributed by atoms with Gasteiger partial charge in [-0.15, -0.1) is 0 Å². The van der Waals surface area contributed by atoms with Crippen LogP contribution in [0.5, 0.6) is 0 Å². The van der Waals surface area contributed by atoms with E-state index in [2.05, 4.69) is 10.1 Å². The Bertz CT molecular complexity index is 465. The largest absolute Gasteiger partial charge is 0.339 e. The number of carbonyl (C=O) groups is 1. The molecule has 2 rings (SSSR count). The van der Waals surface area contributed by atoms with Crippen molar-refractivity contribution in [3.8, 4) is 0 Å². The first-order valence-corrected chi connectivity index (χ1v) is 6.39. The molecule has 0 saturated carbocycles. The van der Waals surface area contributed by atoms with Gasteiger partial charge in [-0.25, -0.2) is 8.42 Å². The average Bonchev–Trinajstić information content (AvgIpc) is 2.73. The van der Waals surface area contributed by atoms with Crippen LogP contribution in [0.4, 0.5) is 0 Å². The van der Waals surface area contributed by atoms with Gasteiger partial charge >= 0.3 is 0 Å². The number of hydrogen-bond acceptors (Lipinski definition) is 6. The Morgan fingerprint density at radius 1 is 1.53 bits per heavy atom. The van der Waals surface area contributed by atoms with E-state index in [1.807, 2.05) is 0 Å². The van der Waals surface area contributed by atoms with Crippen molar-refractivity contribution >= 4 is 16.1 Å². The number of hydrogen-bond donors (Lipinski definition) is 0. The predicted octanol–water partition coefficient (Wildman–Crippen LogP) is -0.287. The zero-order chi connectivity index (χ0) is 10.9. The number of rotatable bonds is 3. The molecule has 1 aliphatic rings. The first-order valence-electron chi connectivity index (χ1n) is 4.57. The van der Waals surface area contributed by atoms with Crippen molar-refractivity contribution in [3.63, 3.8) is 0 Å². The molecule has 1 atom stereocenters. The minimum absolute atomic E-state index is 0.0652. The normalized spacial score (nSPS) is 24.1. The molecule has 1 aliphatic heterocycles. The lowest BCUT2D eigenvalue weighted by molar-refractivity contribution is -0.107. The predicted molar refractivity (Wildman–Crippen MR) is 50.1 cm³/mol. The second kappa shape index (κ2) is 3.73. The second-order valence-electron chi connectivity index (χ2n) is 3.52. The molecule has 0 aromatic carbocycles. The molecule has 7 heteroatoms. The summed E-state index contributed by atoms with van der Waals surface area (Å²) in [6, 6.07) is 0. The fourth-order valence-corrected chi connectivity index (χ4v) is 3.31. The first kappa shape index (κ1) is 10.3. The maximum absolute atomic E-state index is 11.2. The summed E-state index contributed by atoms with van der Waals surface area (Å²) in [5, 5.41) is 3.59. The van der Waals surface area contributed by atoms with Crippen LogP contribution in [0.3, 0.4) is 0 Å². The van der Waals surface area contributed by atoms with E-state index in [-0.39, 0.29) is 23.8 Å². The van der Waals surface area contributed by atoms with E-state index >= 15 is 0 Å². The van der Waals surface area contributed by atoms with Gasteiger partial charge in [-0.3, -0.25) is 0 Å². The van der Waals surface area contributed by atoms with Crippen LogP contribution in [0, 0.1) is 0 Å². The molecule has 1 fully saturated rings. The fraction of sp³-hybridized carbons (Fsp3) is 0.625. The molecule has 82 valence electrons. The number of sulfone groups is 1. The van der Waals surface area contributed by atoms with Crippen LogP contribution in [0.2, 0.25) is 0 Å². The Morgan fingerprint density at radius 2 is 2.33 bits per heavy atom. The minimum Gasteiger partial charge on any atom is -0.339 e. The third kappa shape index (κ3) is 2.23. The highest BCUT2D eigenvalue weighted by Gasteiger charge is 2.32. The molecule has 6 nitrogen and oxygen atoms in total. The van der Waals surface area contributed by atoms with Crippen molar-refractivity contribution in [2.75, 3.05) is 11.5 Å². The maximum Gasteiger partial charge on any atom is 0.230 e. The molecule has 1 aromatic rings. The molecule has 0 N–H and O–H groups in total. The van der Waals surface area contributed by atoms with Crippen LogP contribution in [-0.2, 0) is 21.1 Å². The summed E-state index contributed by atoms with van der Waals surface area (Å²) < 4.78 is 27.3. The van der Waals surface area contributed by atoms with Gasteiger partial charge in [-0.1, -0.05) is 5.16 Å². The highest BCUT2D eigenvalue weighted by atomic mass is 32.2. The van der Waals surface area contributed by atoms with E-state index in [9.17, 15) is 13.2 Å². The monoisotopic (exact) mass is 230 g/mol. The van der Waals surface area contributed by atoms with Crippen molar-refractivity contribution in [2.45, 2.75) is 18.8 Å². The van der Waals surface area contributed by atoms with E-state index in [0.717, 1.165) is 0 Å². The zero-order valence-corrected chi connectivity index (χ0v) is 8.74. The summed E-state index contributed by atoms with van der Waals surface area (Å²) in [5.41, 5.74) is 0. The van der Waals surface area contributed by atoms with Crippen LogP contribution in [-0.4, -0.2) is 36.4 Å². The lowest BCUT2D eigenvalue weighted by Crippen LogP contribution is -2.04. The molecule has 1 aromatic heterocycles. The van der Waals surface area contributed by atoms with Crippen molar-refractivity contribution in [1.29, 1.82) is 0 Å². The quantitative estimate of drug-likeness (QED) is 0.663. The van der Waals surface area contributed by atoms with Crippen molar-refractivity contribution in [3.05, 3.63) is 11.7 Å². The summed E-state index contributed by atoms with van der Waals surface area (Å²) >= 11 is 0. The topological polar surface area (TPSA) is 90.1 Å². The molecule has 1 saturated heterocycles. The fourth-order valence-electron chi connectivity index (χ4n) is 1.58. The van der Waals surface area contributed by atoms with Crippen molar-refractivity contribution in [2.24, 2.45) is 0 Å². The molecule has 0 radical (unpaired) electrons. The molecular formula is C8H10N2O4S. The maximum atomic E-state index is 11.2. The Labute approximate surface area is 86.6 Å². The van der Waals surface area contributed by atoms with Gasteiger partial charge in [0.2, 0.25) is 5.89 Å². The Kier molecular flexibility index (Phi) is 2.56. The summed E-state index contributed by atoms with van der Waals surface area (Å²) in [6.45, 7) is 0. The third-order valence-electron chi connectivity index (χ3n) is 2.33. The van der Waals surface area contributed by atoms with E-state index < -0.39 is 9.84 Å². The van der Waals surface area contributed by atoms with Gasteiger partial charge < -0.3 is 9.32 Å². The van der Waals surface area contributed by atoms with Gasteiger partial charge in [0, 0.05) is 0 Å². The molecule has 0 bridgehead atoms. The van der Waals surface area contributed by atoms with Crippen LogP contribution in [0.25, 0.3) is 0 Å². The van der Waals surface area contributed by atoms with E-state index in [1.54, 1.807) is 0 Å². The summed E-state index contributed by atoms with van der Waals surface area (Å²) in [4.78, 5) is 14.2. The lowest BCUT2D eigenvalue weighted by atomic mass is 10.1. The highest BCUT2D eigenvalue weighted by Crippen LogP contribution is 2.27. The van der Waals surface area contributed by atoms with Crippen LogP contribution in [0.1, 0.15) is 24.1 Å². The van der Waals surface area contributed by atoms with Crippen LogP contribution < -0.4 is 0 Å². The number of aromatic nitrogens is 2. The Balaban J connectivity index is 2.13. The van der Waals surface area contributed by atoms with Gasteiger partial charge in [0.25, 0.3) is 0 Å². The lowest BCUT2D eigenvalue weighted by Gasteiger charge is -1.97. The van der Waals surface area contributed by atoms with Crippen LogP contribution in [0.15, 0.2) is 4.52 Å². The smallest absolute Gasteiger partial charge is 0.230 e. The molecular weight excluding hydrogens is 220 g/mol. The zero-order valence-electron chi connectivity index (χ0n) is 7.92. The SMILES string of the molecule is O=CCc1noc(C2CCS(=O)(=O)C2)n1. The summed E-state index contributed by atoms with van der Waals surface area (Å²) in [7, 11) is -2.94. The van der Waals surface area contributed by atoms with Gasteiger partial charge in [0.05, 0.1) is 23.8 Å². The molecule has 15 heavy (non-hydrogen) atoms. The highest BCUT2D eigenvalue weighted by molar-refractivity contribution is 7.91. The first-order chi connectivity index (χ1) is 7.11. The van der Waals surface area contributed by atoms with Gasteiger partial charge in [-0.05, 0) is 6.42 Å². The number of nitrogens with zero attached hydrogens (tertiary/aromatic N) is 2.